The lowest BCUT2D eigenvalue weighted by Crippen LogP contribution is -2.21. The summed E-state index contributed by atoms with van der Waals surface area (Å²) in [6.07, 6.45) is 5.17. The number of amides is 1. The molecule has 0 saturated carbocycles. The number of hydrogen-bond acceptors (Lipinski definition) is 1. The van der Waals surface area contributed by atoms with Crippen molar-refractivity contribution < 1.29 is 4.79 Å². The van der Waals surface area contributed by atoms with E-state index in [9.17, 15) is 4.79 Å². The molecule has 0 heterocycles. The predicted octanol–water partition coefficient (Wildman–Crippen LogP) is 1.42. The summed E-state index contributed by atoms with van der Waals surface area (Å²) in [7, 11) is 0. The molecule has 11 heavy (non-hydrogen) atoms. The van der Waals surface area contributed by atoms with Crippen molar-refractivity contribution in [3.63, 3.8) is 0 Å². The van der Waals surface area contributed by atoms with E-state index in [4.69, 9.17) is 0 Å². The van der Waals surface area contributed by atoms with Crippen molar-refractivity contribution >= 4 is 5.91 Å². The molecule has 0 fully saturated rings. The lowest BCUT2D eigenvalue weighted by molar-refractivity contribution is -0.118. The quantitative estimate of drug-likeness (QED) is 0.605. The second-order valence-electron chi connectivity index (χ2n) is 2.09. The van der Waals surface area contributed by atoms with E-state index in [0.717, 1.165) is 5.57 Å². The van der Waals surface area contributed by atoms with Crippen LogP contribution in [0.25, 0.3) is 0 Å². The normalized spacial score (nSPS) is 10.5. The third-order valence-electron chi connectivity index (χ3n) is 1.14. The van der Waals surface area contributed by atoms with E-state index in [1.807, 2.05) is 6.08 Å². The highest BCUT2D eigenvalue weighted by atomic mass is 16.1. The lowest BCUT2D eigenvalue weighted by Gasteiger charge is -2.00. The fraction of sp³-hybridized carbons (Fsp3) is 0.222. The van der Waals surface area contributed by atoms with Crippen LogP contribution in [0.4, 0.5) is 0 Å². The second kappa shape index (κ2) is 5.47. The molecule has 0 aromatic rings. The van der Waals surface area contributed by atoms with Crippen molar-refractivity contribution in [2.75, 3.05) is 6.54 Å². The highest BCUT2D eigenvalue weighted by Crippen LogP contribution is 1.92. The van der Waals surface area contributed by atoms with Crippen LogP contribution < -0.4 is 5.32 Å². The maximum atomic E-state index is 10.5. The van der Waals surface area contributed by atoms with Gasteiger partial charge in [-0.3, -0.25) is 4.79 Å². The number of rotatable bonds is 4. The summed E-state index contributed by atoms with van der Waals surface area (Å²) in [5.41, 5.74) is 0.954. The Bertz CT molecular complexity index is 192. The zero-order valence-corrected chi connectivity index (χ0v) is 6.76. The van der Waals surface area contributed by atoms with Gasteiger partial charge in [0.15, 0.2) is 0 Å². The van der Waals surface area contributed by atoms with Gasteiger partial charge in [-0.15, -0.1) is 0 Å². The highest BCUT2D eigenvalue weighted by Gasteiger charge is 1.91. The molecule has 0 rings (SSSR count). The number of allylic oxidation sites excluding steroid dienone is 2. The van der Waals surface area contributed by atoms with Crippen LogP contribution >= 0.6 is 0 Å². The third kappa shape index (κ3) is 5.15. The monoisotopic (exact) mass is 151 g/mol. The summed E-state index contributed by atoms with van der Waals surface area (Å²) in [6, 6.07) is 0. The van der Waals surface area contributed by atoms with E-state index in [2.05, 4.69) is 18.5 Å². The number of nitrogens with one attached hydrogen (secondary N) is 1. The van der Waals surface area contributed by atoms with Crippen molar-refractivity contribution in [1.82, 2.24) is 5.32 Å². The van der Waals surface area contributed by atoms with Crippen LogP contribution in [0.15, 0.2) is 37.0 Å². The van der Waals surface area contributed by atoms with Gasteiger partial charge in [0.1, 0.15) is 0 Å². The Morgan fingerprint density at radius 3 is 2.55 bits per heavy atom. The molecule has 1 amide bonds. The molecular weight excluding hydrogens is 138 g/mol. The van der Waals surface area contributed by atoms with E-state index < -0.39 is 0 Å². The van der Waals surface area contributed by atoms with Crippen molar-refractivity contribution in [2.45, 2.75) is 6.92 Å². The molecule has 1 N–H and O–H groups in total. The molecule has 0 aliphatic rings. The molecule has 2 nitrogen and oxygen atoms in total. The van der Waals surface area contributed by atoms with E-state index in [0.29, 0.717) is 6.54 Å². The van der Waals surface area contributed by atoms with Crippen LogP contribution in [-0.2, 0) is 4.79 Å². The Kier molecular flexibility index (Phi) is 4.82. The second-order valence-corrected chi connectivity index (χ2v) is 2.09. The summed E-state index contributed by atoms with van der Waals surface area (Å²) >= 11 is 0. The van der Waals surface area contributed by atoms with Gasteiger partial charge in [-0.25, -0.2) is 0 Å². The molecule has 60 valence electrons. The molecule has 0 aliphatic heterocycles. The van der Waals surface area contributed by atoms with Gasteiger partial charge in [0.25, 0.3) is 0 Å². The number of carbonyl (C=O) groups is 1. The van der Waals surface area contributed by atoms with E-state index in [1.165, 1.54) is 6.92 Å². The minimum Gasteiger partial charge on any atom is -0.352 e. The molecule has 0 radical (unpaired) electrons. The van der Waals surface area contributed by atoms with Crippen molar-refractivity contribution in [1.29, 1.82) is 0 Å². The van der Waals surface area contributed by atoms with Gasteiger partial charge in [-0.1, -0.05) is 31.4 Å². The van der Waals surface area contributed by atoms with Crippen LogP contribution in [0, 0.1) is 0 Å². The standard InChI is InChI=1S/C9H13NO/c1-4-6-9(5-2)7-10-8(3)11/h4-6H,1-2,7H2,3H3,(H,10,11)/b9-6+. The van der Waals surface area contributed by atoms with Gasteiger partial charge >= 0.3 is 0 Å². The predicted molar refractivity (Wildman–Crippen MR) is 47.2 cm³/mol. The fourth-order valence-electron chi connectivity index (χ4n) is 0.577. The average Bonchev–Trinajstić information content (AvgIpc) is 1.97. The number of hydrogen-bond donors (Lipinski definition) is 1. The Balaban J connectivity index is 3.88. The zero-order valence-electron chi connectivity index (χ0n) is 6.76. The summed E-state index contributed by atoms with van der Waals surface area (Å²) in [5.74, 6) is -0.0400. The van der Waals surface area contributed by atoms with Gasteiger partial charge < -0.3 is 5.32 Å². The van der Waals surface area contributed by atoms with Crippen molar-refractivity contribution in [2.24, 2.45) is 0 Å². The van der Waals surface area contributed by atoms with E-state index in [-0.39, 0.29) is 5.91 Å². The maximum Gasteiger partial charge on any atom is 0.217 e. The van der Waals surface area contributed by atoms with Crippen molar-refractivity contribution in [3.8, 4) is 0 Å². The molecule has 0 unspecified atom stereocenters. The smallest absolute Gasteiger partial charge is 0.217 e. The largest absolute Gasteiger partial charge is 0.352 e. The first-order valence-electron chi connectivity index (χ1n) is 3.39. The summed E-state index contributed by atoms with van der Waals surface area (Å²) in [4.78, 5) is 10.5. The Hall–Kier alpha value is -1.31. The Morgan fingerprint density at radius 2 is 2.18 bits per heavy atom. The molecule has 0 aromatic carbocycles. The Labute approximate surface area is 67.3 Å². The van der Waals surface area contributed by atoms with Crippen LogP contribution in [0.5, 0.6) is 0 Å². The first kappa shape index (κ1) is 9.69. The van der Waals surface area contributed by atoms with E-state index in [1.54, 1.807) is 12.2 Å². The fourth-order valence-corrected chi connectivity index (χ4v) is 0.577. The minimum absolute atomic E-state index is 0.0400. The molecule has 0 atom stereocenters. The molecule has 0 bridgehead atoms. The molecular formula is C9H13NO. The lowest BCUT2D eigenvalue weighted by atomic mass is 10.2. The van der Waals surface area contributed by atoms with Crippen LogP contribution in [0.3, 0.4) is 0 Å². The molecule has 0 aliphatic carbocycles. The van der Waals surface area contributed by atoms with Crippen LogP contribution in [0.2, 0.25) is 0 Å². The van der Waals surface area contributed by atoms with Gasteiger partial charge in [0.05, 0.1) is 0 Å². The maximum absolute atomic E-state index is 10.5. The average molecular weight is 151 g/mol. The zero-order chi connectivity index (χ0) is 8.69. The van der Waals surface area contributed by atoms with Gasteiger partial charge in [-0.05, 0) is 5.57 Å². The minimum atomic E-state index is -0.0400. The van der Waals surface area contributed by atoms with Gasteiger partial charge in [-0.2, -0.15) is 0 Å². The highest BCUT2D eigenvalue weighted by molar-refractivity contribution is 5.73. The first-order valence-corrected chi connectivity index (χ1v) is 3.39. The van der Waals surface area contributed by atoms with Crippen molar-refractivity contribution in [3.05, 3.63) is 37.0 Å². The topological polar surface area (TPSA) is 29.1 Å². The van der Waals surface area contributed by atoms with E-state index >= 15 is 0 Å². The summed E-state index contributed by atoms with van der Waals surface area (Å²) in [6.45, 7) is 9.13. The molecule has 0 spiro atoms. The van der Waals surface area contributed by atoms with Gasteiger partial charge in [0.2, 0.25) is 5.91 Å². The number of carbonyl (C=O) groups excluding carboxylic acids is 1. The van der Waals surface area contributed by atoms with Crippen LogP contribution in [0.1, 0.15) is 6.92 Å². The summed E-state index contributed by atoms with van der Waals surface area (Å²) in [5, 5.41) is 2.66. The SMILES string of the molecule is C=C/C=C(\C=C)CNC(C)=O. The molecule has 0 saturated heterocycles. The first-order chi connectivity index (χ1) is 5.20. The van der Waals surface area contributed by atoms with Crippen LogP contribution in [-0.4, -0.2) is 12.5 Å². The summed E-state index contributed by atoms with van der Waals surface area (Å²) < 4.78 is 0. The Morgan fingerprint density at radius 1 is 1.55 bits per heavy atom. The van der Waals surface area contributed by atoms with Gasteiger partial charge in [0, 0.05) is 13.5 Å². The molecule has 2 heteroatoms. The molecule has 0 aromatic heterocycles. The third-order valence-corrected chi connectivity index (χ3v) is 1.14.